The molecule has 1 fully saturated rings. The molecule has 6 heteroatoms. The first-order chi connectivity index (χ1) is 10.0. The molecule has 0 spiro atoms. The number of hydrogen-bond donors (Lipinski definition) is 1. The fourth-order valence-corrected chi connectivity index (χ4v) is 4.48. The molecule has 2 heterocycles. The molecule has 0 aromatic heterocycles. The quantitative estimate of drug-likeness (QED) is 0.915. The molecule has 2 aliphatic heterocycles. The highest BCUT2D eigenvalue weighted by molar-refractivity contribution is 7.89. The molecule has 21 heavy (non-hydrogen) atoms. The second-order valence-electron chi connectivity index (χ2n) is 6.04. The van der Waals surface area contributed by atoms with Gasteiger partial charge in [0.2, 0.25) is 10.0 Å². The lowest BCUT2D eigenvalue weighted by atomic mass is 10.0. The number of rotatable bonds is 3. The molecular weight excluding hydrogens is 288 g/mol. The van der Waals surface area contributed by atoms with Gasteiger partial charge < -0.3 is 10.5 Å². The molecule has 0 aliphatic carbocycles. The summed E-state index contributed by atoms with van der Waals surface area (Å²) < 4.78 is 32.7. The lowest BCUT2D eigenvalue weighted by Gasteiger charge is -2.29. The summed E-state index contributed by atoms with van der Waals surface area (Å²) >= 11 is 0. The zero-order valence-electron chi connectivity index (χ0n) is 12.3. The molecule has 0 radical (unpaired) electrons. The Morgan fingerprint density at radius 2 is 2.05 bits per heavy atom. The van der Waals surface area contributed by atoms with Gasteiger partial charge in [-0.3, -0.25) is 0 Å². The van der Waals surface area contributed by atoms with Gasteiger partial charge in [0.1, 0.15) is 11.9 Å². The Balaban J connectivity index is 1.84. The molecule has 2 N–H and O–H groups in total. The van der Waals surface area contributed by atoms with Crippen LogP contribution in [0.25, 0.3) is 0 Å². The van der Waals surface area contributed by atoms with Gasteiger partial charge in [0.15, 0.2) is 0 Å². The number of piperidine rings is 1. The summed E-state index contributed by atoms with van der Waals surface area (Å²) in [7, 11) is -3.38. The topological polar surface area (TPSA) is 72.6 Å². The molecule has 2 aliphatic rings. The van der Waals surface area contributed by atoms with Crippen molar-refractivity contribution in [3.63, 3.8) is 0 Å². The van der Waals surface area contributed by atoms with Gasteiger partial charge in [-0.2, -0.15) is 4.31 Å². The molecule has 0 amide bonds. The number of sulfonamides is 1. The third-order valence-electron chi connectivity index (χ3n) is 4.42. The number of hydrogen-bond acceptors (Lipinski definition) is 4. The largest absolute Gasteiger partial charge is 0.488 e. The third kappa shape index (κ3) is 2.80. The van der Waals surface area contributed by atoms with Crippen molar-refractivity contribution in [2.75, 3.05) is 19.6 Å². The van der Waals surface area contributed by atoms with Crippen molar-refractivity contribution in [1.29, 1.82) is 0 Å². The Morgan fingerprint density at radius 3 is 2.71 bits per heavy atom. The van der Waals surface area contributed by atoms with E-state index in [4.69, 9.17) is 10.5 Å². The van der Waals surface area contributed by atoms with Crippen LogP contribution in [0.3, 0.4) is 0 Å². The van der Waals surface area contributed by atoms with E-state index in [1.807, 2.05) is 0 Å². The van der Waals surface area contributed by atoms with E-state index < -0.39 is 10.0 Å². The van der Waals surface area contributed by atoms with Gasteiger partial charge in [0.05, 0.1) is 4.90 Å². The maximum atomic E-state index is 12.7. The van der Waals surface area contributed by atoms with Crippen molar-refractivity contribution in [3.05, 3.63) is 23.8 Å². The average Bonchev–Trinajstić information content (AvgIpc) is 2.89. The van der Waals surface area contributed by atoms with E-state index in [-0.39, 0.29) is 6.10 Å². The third-order valence-corrected chi connectivity index (χ3v) is 6.31. The number of benzene rings is 1. The SMILES string of the molecule is CC1CCN(S(=O)(=O)c2ccc3c(c2)CC(CN)O3)CC1. The molecule has 116 valence electrons. The summed E-state index contributed by atoms with van der Waals surface area (Å²) in [5.74, 6) is 1.37. The van der Waals surface area contributed by atoms with E-state index in [1.54, 1.807) is 22.5 Å². The van der Waals surface area contributed by atoms with E-state index >= 15 is 0 Å². The van der Waals surface area contributed by atoms with Crippen LogP contribution < -0.4 is 10.5 Å². The average molecular weight is 310 g/mol. The van der Waals surface area contributed by atoms with Crippen LogP contribution in [-0.2, 0) is 16.4 Å². The number of fused-ring (bicyclic) bond motifs is 1. The summed E-state index contributed by atoms with van der Waals surface area (Å²) in [5.41, 5.74) is 6.56. The van der Waals surface area contributed by atoms with E-state index in [9.17, 15) is 8.42 Å². The fourth-order valence-electron chi connectivity index (χ4n) is 2.96. The van der Waals surface area contributed by atoms with Crippen LogP contribution in [0.5, 0.6) is 5.75 Å². The van der Waals surface area contributed by atoms with Gasteiger partial charge in [-0.15, -0.1) is 0 Å². The smallest absolute Gasteiger partial charge is 0.243 e. The Bertz CT molecular complexity index is 622. The summed E-state index contributed by atoms with van der Waals surface area (Å²) in [6, 6.07) is 5.15. The highest BCUT2D eigenvalue weighted by Gasteiger charge is 2.30. The first-order valence-corrected chi connectivity index (χ1v) is 8.94. The van der Waals surface area contributed by atoms with Crippen molar-refractivity contribution in [2.45, 2.75) is 37.2 Å². The van der Waals surface area contributed by atoms with Crippen molar-refractivity contribution >= 4 is 10.0 Å². The lowest BCUT2D eigenvalue weighted by molar-refractivity contribution is 0.241. The summed E-state index contributed by atoms with van der Waals surface area (Å²) in [6.45, 7) is 3.84. The number of nitrogens with two attached hydrogens (primary N) is 1. The summed E-state index contributed by atoms with van der Waals surface area (Å²) in [6.07, 6.45) is 2.52. The van der Waals surface area contributed by atoms with Crippen LogP contribution in [0.4, 0.5) is 0 Å². The standard InChI is InChI=1S/C15H22N2O3S/c1-11-4-6-17(7-5-11)21(18,19)14-2-3-15-12(9-14)8-13(10-16)20-15/h2-3,9,11,13H,4-8,10,16H2,1H3. The van der Waals surface area contributed by atoms with Crippen molar-refractivity contribution in [2.24, 2.45) is 11.7 Å². The van der Waals surface area contributed by atoms with Gasteiger partial charge in [-0.05, 0) is 42.5 Å². The molecule has 1 unspecified atom stereocenters. The molecular formula is C15H22N2O3S. The first kappa shape index (κ1) is 14.8. The molecule has 3 rings (SSSR count). The van der Waals surface area contributed by atoms with Gasteiger partial charge in [0, 0.05) is 26.1 Å². The predicted molar refractivity (Wildman–Crippen MR) is 80.8 cm³/mol. The van der Waals surface area contributed by atoms with Gasteiger partial charge >= 0.3 is 0 Å². The van der Waals surface area contributed by atoms with Crippen LogP contribution in [-0.4, -0.2) is 38.5 Å². The summed E-state index contributed by atoms with van der Waals surface area (Å²) in [5, 5.41) is 0. The van der Waals surface area contributed by atoms with Crippen molar-refractivity contribution < 1.29 is 13.2 Å². The highest BCUT2D eigenvalue weighted by Crippen LogP contribution is 2.32. The van der Waals surface area contributed by atoms with Gasteiger partial charge in [-0.1, -0.05) is 6.92 Å². The van der Waals surface area contributed by atoms with Crippen LogP contribution in [0.15, 0.2) is 23.1 Å². The van der Waals surface area contributed by atoms with Gasteiger partial charge in [0.25, 0.3) is 0 Å². The van der Waals surface area contributed by atoms with Crippen LogP contribution in [0.2, 0.25) is 0 Å². The Hall–Kier alpha value is -1.11. The molecule has 0 bridgehead atoms. The van der Waals surface area contributed by atoms with Crippen LogP contribution in [0, 0.1) is 5.92 Å². The van der Waals surface area contributed by atoms with Crippen molar-refractivity contribution in [3.8, 4) is 5.75 Å². The molecule has 5 nitrogen and oxygen atoms in total. The van der Waals surface area contributed by atoms with Crippen LogP contribution >= 0.6 is 0 Å². The van der Waals surface area contributed by atoms with E-state index in [2.05, 4.69) is 6.92 Å². The molecule has 1 saturated heterocycles. The number of ether oxygens (including phenoxy) is 1. The summed E-state index contributed by atoms with van der Waals surface area (Å²) in [4.78, 5) is 0.372. The minimum Gasteiger partial charge on any atom is -0.488 e. The predicted octanol–water partition coefficient (Wildman–Crippen LogP) is 1.37. The Morgan fingerprint density at radius 1 is 1.33 bits per heavy atom. The lowest BCUT2D eigenvalue weighted by Crippen LogP contribution is -2.37. The second-order valence-corrected chi connectivity index (χ2v) is 7.97. The Kier molecular flexibility index (Phi) is 3.94. The van der Waals surface area contributed by atoms with E-state index in [0.717, 1.165) is 24.2 Å². The molecule has 1 atom stereocenters. The minimum atomic E-state index is -3.38. The fraction of sp³-hybridized carbons (Fsp3) is 0.600. The van der Waals surface area contributed by atoms with Crippen LogP contribution in [0.1, 0.15) is 25.3 Å². The zero-order valence-corrected chi connectivity index (χ0v) is 13.1. The molecule has 0 saturated carbocycles. The molecule has 1 aromatic carbocycles. The normalized spacial score (nSPS) is 23.8. The van der Waals surface area contributed by atoms with E-state index in [0.29, 0.717) is 36.9 Å². The number of nitrogens with zero attached hydrogens (tertiary/aromatic N) is 1. The first-order valence-electron chi connectivity index (χ1n) is 7.50. The molecule has 1 aromatic rings. The maximum absolute atomic E-state index is 12.7. The highest BCUT2D eigenvalue weighted by atomic mass is 32.2. The minimum absolute atomic E-state index is 0.0335. The second kappa shape index (κ2) is 5.59. The zero-order chi connectivity index (χ0) is 15.0. The Labute approximate surface area is 126 Å². The van der Waals surface area contributed by atoms with Gasteiger partial charge in [-0.25, -0.2) is 8.42 Å². The van der Waals surface area contributed by atoms with Crippen molar-refractivity contribution in [1.82, 2.24) is 4.31 Å². The monoisotopic (exact) mass is 310 g/mol. The van der Waals surface area contributed by atoms with E-state index in [1.165, 1.54) is 0 Å². The maximum Gasteiger partial charge on any atom is 0.243 e.